The van der Waals surface area contributed by atoms with Crippen LogP contribution in [0.1, 0.15) is 29.3 Å². The number of Topliss-reactive ketones (excluding diaryl/α,β-unsaturated/α-hetero) is 1. The van der Waals surface area contributed by atoms with Gasteiger partial charge < -0.3 is 9.67 Å². The smallest absolute Gasteiger partial charge is 0.164 e. The molecule has 1 N–H and O–H groups in total. The highest BCUT2D eigenvalue weighted by Crippen LogP contribution is 2.12. The second kappa shape index (κ2) is 4.87. The molecule has 0 fully saturated rings. The van der Waals surface area contributed by atoms with E-state index < -0.39 is 0 Å². The third-order valence-electron chi connectivity index (χ3n) is 2.70. The van der Waals surface area contributed by atoms with Crippen molar-refractivity contribution in [3.63, 3.8) is 0 Å². The number of carbonyl (C=O) groups is 1. The highest BCUT2D eigenvalue weighted by molar-refractivity contribution is 5.95. The van der Waals surface area contributed by atoms with Gasteiger partial charge in [0.05, 0.1) is 0 Å². The second-order valence-corrected chi connectivity index (χ2v) is 4.02. The first-order valence-electron chi connectivity index (χ1n) is 5.66. The van der Waals surface area contributed by atoms with Gasteiger partial charge in [-0.25, -0.2) is 0 Å². The zero-order chi connectivity index (χ0) is 12.3. The van der Waals surface area contributed by atoms with E-state index in [0.717, 1.165) is 11.1 Å². The number of hydrogen-bond donors (Lipinski definition) is 1. The van der Waals surface area contributed by atoms with Crippen molar-refractivity contribution in [3.05, 3.63) is 53.9 Å². The Kier molecular flexibility index (Phi) is 3.28. The Morgan fingerprint density at radius 3 is 2.59 bits per heavy atom. The summed E-state index contributed by atoms with van der Waals surface area (Å²) in [7, 11) is 0. The average Bonchev–Trinajstić information content (AvgIpc) is 2.80. The first-order chi connectivity index (χ1) is 8.19. The van der Waals surface area contributed by atoms with Crippen LogP contribution in [0, 0.1) is 0 Å². The van der Waals surface area contributed by atoms with Gasteiger partial charge in [-0.15, -0.1) is 0 Å². The molecule has 0 unspecified atom stereocenters. The van der Waals surface area contributed by atoms with E-state index in [4.69, 9.17) is 0 Å². The highest BCUT2D eigenvalue weighted by Gasteiger charge is 2.04. The van der Waals surface area contributed by atoms with E-state index in [1.807, 2.05) is 42.1 Å². The van der Waals surface area contributed by atoms with Crippen LogP contribution in [0.25, 0.3) is 0 Å². The number of rotatable bonds is 4. The standard InChI is InChI=1S/C14H15NO2/c1-2-14(17)12-7-8-15(10-12)9-11-3-5-13(16)6-4-11/h3-8,10,16H,2,9H2,1H3. The van der Waals surface area contributed by atoms with Crippen molar-refractivity contribution in [2.75, 3.05) is 0 Å². The van der Waals surface area contributed by atoms with Crippen molar-refractivity contribution >= 4 is 5.78 Å². The number of nitrogens with zero attached hydrogens (tertiary/aromatic N) is 1. The molecule has 0 saturated heterocycles. The van der Waals surface area contributed by atoms with Gasteiger partial charge in [-0.3, -0.25) is 4.79 Å². The predicted molar refractivity (Wildman–Crippen MR) is 66.3 cm³/mol. The Bertz CT molecular complexity index is 511. The molecule has 0 radical (unpaired) electrons. The number of ketones is 1. The molecule has 17 heavy (non-hydrogen) atoms. The van der Waals surface area contributed by atoms with Crippen molar-refractivity contribution < 1.29 is 9.90 Å². The number of aromatic hydroxyl groups is 1. The maximum Gasteiger partial charge on any atom is 0.164 e. The Morgan fingerprint density at radius 1 is 1.24 bits per heavy atom. The third-order valence-corrected chi connectivity index (χ3v) is 2.70. The predicted octanol–water partition coefficient (Wildman–Crippen LogP) is 2.83. The second-order valence-electron chi connectivity index (χ2n) is 4.02. The molecule has 1 aromatic heterocycles. The zero-order valence-corrected chi connectivity index (χ0v) is 9.76. The molecule has 3 heteroatoms. The van der Waals surface area contributed by atoms with Crippen LogP contribution in [0.2, 0.25) is 0 Å². The molecule has 0 spiro atoms. The quantitative estimate of drug-likeness (QED) is 0.819. The summed E-state index contributed by atoms with van der Waals surface area (Å²) in [5.41, 5.74) is 1.85. The van der Waals surface area contributed by atoms with E-state index >= 15 is 0 Å². The Morgan fingerprint density at radius 2 is 1.94 bits per heavy atom. The molecular weight excluding hydrogens is 214 g/mol. The molecule has 1 aromatic carbocycles. The van der Waals surface area contributed by atoms with Crippen LogP contribution in [0.15, 0.2) is 42.7 Å². The minimum atomic E-state index is 0.162. The number of aromatic nitrogens is 1. The fourth-order valence-electron chi connectivity index (χ4n) is 1.72. The summed E-state index contributed by atoms with van der Waals surface area (Å²) in [6.45, 7) is 2.57. The Balaban J connectivity index is 2.11. The first-order valence-corrected chi connectivity index (χ1v) is 5.66. The number of phenolic OH excluding ortho intramolecular Hbond substituents is 1. The molecule has 0 aliphatic carbocycles. The van der Waals surface area contributed by atoms with Gasteiger partial charge in [-0.05, 0) is 23.8 Å². The van der Waals surface area contributed by atoms with Crippen LogP contribution in [-0.2, 0) is 6.54 Å². The van der Waals surface area contributed by atoms with E-state index in [0.29, 0.717) is 13.0 Å². The molecular formula is C14H15NO2. The molecule has 0 saturated carbocycles. The van der Waals surface area contributed by atoms with Crippen LogP contribution in [0.4, 0.5) is 0 Å². The fraction of sp³-hybridized carbons (Fsp3) is 0.214. The van der Waals surface area contributed by atoms with Gasteiger partial charge >= 0.3 is 0 Å². The highest BCUT2D eigenvalue weighted by atomic mass is 16.3. The first kappa shape index (κ1) is 11.5. The normalized spacial score (nSPS) is 10.4. The molecule has 0 amide bonds. The van der Waals surface area contributed by atoms with E-state index in [9.17, 15) is 9.90 Å². The van der Waals surface area contributed by atoms with E-state index in [1.54, 1.807) is 12.1 Å². The van der Waals surface area contributed by atoms with Crippen LogP contribution in [-0.4, -0.2) is 15.5 Å². The summed E-state index contributed by atoms with van der Waals surface area (Å²) in [6, 6.07) is 8.91. The molecule has 2 aromatic rings. The molecule has 2 rings (SSSR count). The van der Waals surface area contributed by atoms with E-state index in [1.165, 1.54) is 0 Å². The lowest BCUT2D eigenvalue weighted by molar-refractivity contribution is 0.0988. The van der Waals surface area contributed by atoms with Crippen molar-refractivity contribution in [2.45, 2.75) is 19.9 Å². The summed E-state index contributed by atoms with van der Waals surface area (Å²) in [5, 5.41) is 9.18. The van der Waals surface area contributed by atoms with Crippen LogP contribution in [0.5, 0.6) is 5.75 Å². The van der Waals surface area contributed by atoms with Gasteiger partial charge in [0.1, 0.15) is 5.75 Å². The maximum absolute atomic E-state index is 11.5. The fourth-order valence-corrected chi connectivity index (χ4v) is 1.72. The maximum atomic E-state index is 11.5. The lowest BCUT2D eigenvalue weighted by Crippen LogP contribution is -1.97. The van der Waals surface area contributed by atoms with E-state index in [-0.39, 0.29) is 11.5 Å². The summed E-state index contributed by atoms with van der Waals surface area (Å²) in [6.07, 6.45) is 4.29. The molecule has 1 heterocycles. The van der Waals surface area contributed by atoms with Gasteiger partial charge in [0.2, 0.25) is 0 Å². The van der Waals surface area contributed by atoms with Crippen molar-refractivity contribution in [2.24, 2.45) is 0 Å². The minimum Gasteiger partial charge on any atom is -0.508 e. The SMILES string of the molecule is CCC(=O)c1ccn(Cc2ccc(O)cc2)c1. The van der Waals surface area contributed by atoms with Gasteiger partial charge in [-0.2, -0.15) is 0 Å². The van der Waals surface area contributed by atoms with E-state index in [2.05, 4.69) is 0 Å². The number of hydrogen-bond acceptors (Lipinski definition) is 2. The van der Waals surface area contributed by atoms with Gasteiger partial charge in [0, 0.05) is 30.9 Å². The van der Waals surface area contributed by atoms with Gasteiger partial charge in [0.25, 0.3) is 0 Å². The van der Waals surface area contributed by atoms with Crippen LogP contribution >= 0.6 is 0 Å². The zero-order valence-electron chi connectivity index (χ0n) is 9.76. The molecule has 3 nitrogen and oxygen atoms in total. The summed E-state index contributed by atoms with van der Waals surface area (Å²) >= 11 is 0. The Hall–Kier alpha value is -2.03. The number of carbonyl (C=O) groups excluding carboxylic acids is 1. The topological polar surface area (TPSA) is 42.2 Å². The monoisotopic (exact) mass is 229 g/mol. The summed E-state index contributed by atoms with van der Waals surface area (Å²) < 4.78 is 1.97. The summed E-state index contributed by atoms with van der Waals surface area (Å²) in [4.78, 5) is 11.5. The van der Waals surface area contributed by atoms with Crippen LogP contribution in [0.3, 0.4) is 0 Å². The molecule has 0 atom stereocenters. The minimum absolute atomic E-state index is 0.162. The molecule has 0 aliphatic rings. The van der Waals surface area contributed by atoms with Crippen molar-refractivity contribution in [1.82, 2.24) is 4.57 Å². The number of phenols is 1. The van der Waals surface area contributed by atoms with Crippen molar-refractivity contribution in [1.29, 1.82) is 0 Å². The van der Waals surface area contributed by atoms with Crippen molar-refractivity contribution in [3.8, 4) is 5.75 Å². The van der Waals surface area contributed by atoms with Gasteiger partial charge in [-0.1, -0.05) is 19.1 Å². The molecule has 0 bridgehead atoms. The average molecular weight is 229 g/mol. The molecule has 88 valence electrons. The largest absolute Gasteiger partial charge is 0.508 e. The lowest BCUT2D eigenvalue weighted by atomic mass is 10.2. The van der Waals surface area contributed by atoms with Crippen LogP contribution < -0.4 is 0 Å². The summed E-state index contributed by atoms with van der Waals surface area (Å²) in [5.74, 6) is 0.428. The Labute approximate surface area is 100 Å². The molecule has 0 aliphatic heterocycles. The lowest BCUT2D eigenvalue weighted by Gasteiger charge is -2.03. The number of benzene rings is 1. The van der Waals surface area contributed by atoms with Gasteiger partial charge in [0.15, 0.2) is 5.78 Å². The third kappa shape index (κ3) is 2.75.